The molecule has 24 heavy (non-hydrogen) atoms. The summed E-state index contributed by atoms with van der Waals surface area (Å²) in [5, 5.41) is 3.18. The topological polar surface area (TPSA) is 94.1 Å². The highest BCUT2D eigenvalue weighted by atomic mass is 32.2. The Kier molecular flexibility index (Phi) is 14.1. The zero-order valence-electron chi connectivity index (χ0n) is 15.4. The summed E-state index contributed by atoms with van der Waals surface area (Å²) in [5.41, 5.74) is 0. The minimum absolute atomic E-state index is 0.211. The minimum atomic E-state index is -3.86. The summed E-state index contributed by atoms with van der Waals surface area (Å²) < 4.78 is 48.0. The van der Waals surface area contributed by atoms with E-state index in [-0.39, 0.29) is 5.75 Å². The van der Waals surface area contributed by atoms with Crippen LogP contribution in [0.3, 0.4) is 0 Å². The molecule has 0 aromatic heterocycles. The summed E-state index contributed by atoms with van der Waals surface area (Å²) in [5.74, 6) is -0.211. The van der Waals surface area contributed by atoms with Gasteiger partial charge in [0.2, 0.25) is 0 Å². The molecule has 0 aromatic carbocycles. The maximum absolute atomic E-state index is 10.6. The molecule has 0 atom stereocenters. The van der Waals surface area contributed by atoms with Crippen LogP contribution in [0.15, 0.2) is 0 Å². The van der Waals surface area contributed by atoms with Gasteiger partial charge in [0.15, 0.2) is 0 Å². The number of hydrogen-bond donors (Lipinski definition) is 2. The van der Waals surface area contributed by atoms with Crippen molar-refractivity contribution in [2.45, 2.75) is 58.9 Å². The lowest BCUT2D eigenvalue weighted by Gasteiger charge is -2.29. The summed E-state index contributed by atoms with van der Waals surface area (Å²) >= 11 is 0. The van der Waals surface area contributed by atoms with Crippen LogP contribution >= 0.6 is 0 Å². The maximum atomic E-state index is 10.6. The normalized spacial score (nSPS) is 12.7. The SMILES string of the molecule is CCCO[Si](CCCNCCCS(=O)(=O)O)(OCCC)OCCC. The van der Waals surface area contributed by atoms with E-state index >= 15 is 0 Å². The second kappa shape index (κ2) is 14.2. The largest absolute Gasteiger partial charge is 0.501 e. The fraction of sp³-hybridized carbons (Fsp3) is 1.00. The molecule has 0 aliphatic rings. The molecule has 9 heteroatoms. The molecule has 0 spiro atoms. The second-order valence-corrected chi connectivity index (χ2v) is 10.0. The monoisotopic (exact) mass is 385 g/mol. The summed E-state index contributed by atoms with van der Waals surface area (Å²) in [6.45, 7) is 9.40. The summed E-state index contributed by atoms with van der Waals surface area (Å²) in [7, 11) is -6.50. The summed E-state index contributed by atoms with van der Waals surface area (Å²) in [6, 6.07) is 0.748. The van der Waals surface area contributed by atoms with Crippen LogP contribution in [-0.4, -0.2) is 60.4 Å². The molecule has 0 heterocycles. The molecule has 0 saturated heterocycles. The molecule has 0 aliphatic heterocycles. The molecule has 0 aromatic rings. The van der Waals surface area contributed by atoms with E-state index in [1.165, 1.54) is 0 Å². The first kappa shape index (κ1) is 24.0. The fourth-order valence-electron chi connectivity index (χ4n) is 2.05. The van der Waals surface area contributed by atoms with Gasteiger partial charge in [0.05, 0.1) is 5.75 Å². The van der Waals surface area contributed by atoms with Crippen LogP contribution in [0.5, 0.6) is 0 Å². The Morgan fingerprint density at radius 3 is 1.75 bits per heavy atom. The van der Waals surface area contributed by atoms with E-state index in [0.29, 0.717) is 32.8 Å². The smallest absolute Gasteiger partial charge is 0.373 e. The quantitative estimate of drug-likeness (QED) is 0.226. The molecule has 2 N–H and O–H groups in total. The average Bonchev–Trinajstić information content (AvgIpc) is 2.53. The van der Waals surface area contributed by atoms with Crippen LogP contribution in [0.1, 0.15) is 52.9 Å². The van der Waals surface area contributed by atoms with Gasteiger partial charge in [-0.2, -0.15) is 8.42 Å². The van der Waals surface area contributed by atoms with Gasteiger partial charge in [-0.3, -0.25) is 4.55 Å². The third kappa shape index (κ3) is 13.3. The Morgan fingerprint density at radius 2 is 1.33 bits per heavy atom. The molecular weight excluding hydrogens is 350 g/mol. The fourth-order valence-corrected chi connectivity index (χ4v) is 5.40. The van der Waals surface area contributed by atoms with Gasteiger partial charge in [-0.1, -0.05) is 20.8 Å². The molecule has 146 valence electrons. The number of nitrogens with one attached hydrogen (secondary N) is 1. The third-order valence-corrected chi connectivity index (χ3v) is 6.87. The van der Waals surface area contributed by atoms with E-state index in [2.05, 4.69) is 26.1 Å². The molecule has 0 saturated carbocycles. The van der Waals surface area contributed by atoms with Crippen molar-refractivity contribution in [3.63, 3.8) is 0 Å². The summed E-state index contributed by atoms with van der Waals surface area (Å²) in [4.78, 5) is 0. The Morgan fingerprint density at radius 1 is 0.875 bits per heavy atom. The first-order valence-electron chi connectivity index (χ1n) is 8.96. The zero-order valence-corrected chi connectivity index (χ0v) is 17.2. The Labute approximate surface area is 148 Å². The minimum Gasteiger partial charge on any atom is -0.373 e. The number of hydrogen-bond acceptors (Lipinski definition) is 6. The van der Waals surface area contributed by atoms with Gasteiger partial charge in [0.1, 0.15) is 0 Å². The lowest BCUT2D eigenvalue weighted by molar-refractivity contribution is 0.0588. The van der Waals surface area contributed by atoms with E-state index in [4.69, 9.17) is 17.8 Å². The highest BCUT2D eigenvalue weighted by Gasteiger charge is 2.40. The molecule has 0 bridgehead atoms. The predicted octanol–water partition coefficient (Wildman–Crippen LogP) is 2.46. The van der Waals surface area contributed by atoms with Crippen molar-refractivity contribution in [2.24, 2.45) is 0 Å². The van der Waals surface area contributed by atoms with E-state index < -0.39 is 18.9 Å². The van der Waals surface area contributed by atoms with Crippen LogP contribution in [0, 0.1) is 0 Å². The van der Waals surface area contributed by atoms with Crippen molar-refractivity contribution >= 4 is 18.9 Å². The number of rotatable bonds is 17. The van der Waals surface area contributed by atoms with Crippen molar-refractivity contribution < 1.29 is 26.2 Å². The Hall–Kier alpha value is -0.0331. The molecule has 0 unspecified atom stereocenters. The van der Waals surface area contributed by atoms with Crippen LogP contribution in [0.4, 0.5) is 0 Å². The van der Waals surface area contributed by atoms with Crippen molar-refractivity contribution in [2.75, 3.05) is 38.7 Å². The van der Waals surface area contributed by atoms with E-state index in [1.54, 1.807) is 0 Å². The van der Waals surface area contributed by atoms with Crippen molar-refractivity contribution in [3.8, 4) is 0 Å². The zero-order chi connectivity index (χ0) is 18.3. The molecule has 0 aliphatic carbocycles. The van der Waals surface area contributed by atoms with Crippen molar-refractivity contribution in [1.82, 2.24) is 5.32 Å². The standard InChI is InChI=1S/C15H35NO6SSi/c1-4-11-20-24(21-12-5-2,22-13-6-3)15-8-10-16-9-7-14-23(17,18)19/h16H,4-15H2,1-3H3,(H,17,18,19). The van der Waals surface area contributed by atoms with Gasteiger partial charge >= 0.3 is 8.80 Å². The van der Waals surface area contributed by atoms with Crippen LogP contribution in [0.25, 0.3) is 0 Å². The first-order chi connectivity index (χ1) is 11.4. The third-order valence-electron chi connectivity index (χ3n) is 3.17. The molecule has 0 radical (unpaired) electrons. The average molecular weight is 386 g/mol. The van der Waals surface area contributed by atoms with Gasteiger partial charge < -0.3 is 18.6 Å². The van der Waals surface area contributed by atoms with E-state index in [9.17, 15) is 8.42 Å². The van der Waals surface area contributed by atoms with Crippen LogP contribution in [-0.2, 0) is 23.4 Å². The molecule has 0 amide bonds. The van der Waals surface area contributed by atoms with Gasteiger partial charge in [0, 0.05) is 25.9 Å². The van der Waals surface area contributed by atoms with Gasteiger partial charge in [0.25, 0.3) is 10.1 Å². The molecule has 7 nitrogen and oxygen atoms in total. The molecule has 0 rings (SSSR count). The van der Waals surface area contributed by atoms with E-state index in [0.717, 1.165) is 38.3 Å². The predicted molar refractivity (Wildman–Crippen MR) is 97.8 cm³/mol. The van der Waals surface area contributed by atoms with Crippen LogP contribution in [0.2, 0.25) is 6.04 Å². The Bertz CT molecular complexity index is 372. The van der Waals surface area contributed by atoms with Gasteiger partial charge in [-0.05, 0) is 45.2 Å². The maximum Gasteiger partial charge on any atom is 0.501 e. The van der Waals surface area contributed by atoms with Gasteiger partial charge in [-0.25, -0.2) is 0 Å². The van der Waals surface area contributed by atoms with Gasteiger partial charge in [-0.15, -0.1) is 0 Å². The van der Waals surface area contributed by atoms with E-state index in [1.807, 2.05) is 0 Å². The molecular formula is C15H35NO6SSi. The lowest BCUT2D eigenvalue weighted by atomic mass is 10.4. The van der Waals surface area contributed by atoms with Crippen molar-refractivity contribution in [1.29, 1.82) is 0 Å². The summed E-state index contributed by atoms with van der Waals surface area (Å²) in [6.07, 6.45) is 4.01. The molecule has 0 fully saturated rings. The first-order valence-corrected chi connectivity index (χ1v) is 12.5. The Balaban J connectivity index is 4.25. The van der Waals surface area contributed by atoms with Crippen molar-refractivity contribution in [3.05, 3.63) is 0 Å². The highest BCUT2D eigenvalue weighted by Crippen LogP contribution is 2.19. The highest BCUT2D eigenvalue weighted by molar-refractivity contribution is 7.85. The second-order valence-electron chi connectivity index (χ2n) is 5.72. The van der Waals surface area contributed by atoms with Crippen LogP contribution < -0.4 is 5.32 Å². The lowest BCUT2D eigenvalue weighted by Crippen LogP contribution is -2.47.